The highest BCUT2D eigenvalue weighted by Crippen LogP contribution is 2.37. The SMILES string of the molecule is O[C@](/C=N/N1CCC[C@H]1C(c1ccccc1)c1ccccc1)(Cc1ccccc1)C(F)(F)F. The monoisotopic (exact) mass is 452 g/mol. The van der Waals surface area contributed by atoms with Gasteiger partial charge in [0.2, 0.25) is 5.60 Å². The van der Waals surface area contributed by atoms with Crippen molar-refractivity contribution in [1.29, 1.82) is 0 Å². The van der Waals surface area contributed by atoms with Crippen molar-refractivity contribution in [3.05, 3.63) is 108 Å². The Hall–Kier alpha value is -3.12. The number of alkyl halides is 3. The lowest BCUT2D eigenvalue weighted by molar-refractivity contribution is -0.228. The van der Waals surface area contributed by atoms with Crippen molar-refractivity contribution in [2.24, 2.45) is 5.10 Å². The van der Waals surface area contributed by atoms with E-state index in [0.717, 1.165) is 24.0 Å². The van der Waals surface area contributed by atoms with E-state index in [1.54, 1.807) is 35.3 Å². The fraction of sp³-hybridized carbons (Fsp3) is 0.296. The van der Waals surface area contributed by atoms with Gasteiger partial charge in [0.05, 0.1) is 12.3 Å². The molecule has 0 aromatic heterocycles. The summed E-state index contributed by atoms with van der Waals surface area (Å²) in [5.74, 6) is -0.0415. The van der Waals surface area contributed by atoms with E-state index in [1.807, 2.05) is 60.7 Å². The first-order valence-electron chi connectivity index (χ1n) is 11.1. The summed E-state index contributed by atoms with van der Waals surface area (Å²) in [5.41, 5.74) is -0.471. The highest BCUT2D eigenvalue weighted by atomic mass is 19.4. The second-order valence-electron chi connectivity index (χ2n) is 8.50. The Morgan fingerprint density at radius 2 is 1.39 bits per heavy atom. The topological polar surface area (TPSA) is 35.8 Å². The summed E-state index contributed by atoms with van der Waals surface area (Å²) in [5, 5.41) is 16.6. The van der Waals surface area contributed by atoms with Gasteiger partial charge in [0.1, 0.15) is 0 Å². The lowest BCUT2D eigenvalue weighted by Crippen LogP contribution is -2.49. The maximum Gasteiger partial charge on any atom is 0.422 e. The lowest BCUT2D eigenvalue weighted by Gasteiger charge is -2.32. The lowest BCUT2D eigenvalue weighted by atomic mass is 9.84. The quantitative estimate of drug-likeness (QED) is 0.460. The summed E-state index contributed by atoms with van der Waals surface area (Å²) in [6, 6.07) is 28.0. The zero-order valence-corrected chi connectivity index (χ0v) is 18.2. The van der Waals surface area contributed by atoms with Gasteiger partial charge < -0.3 is 5.11 Å². The molecule has 3 aromatic carbocycles. The minimum absolute atomic E-state index is 0.0415. The number of aliphatic hydroxyl groups is 1. The molecule has 1 aliphatic heterocycles. The molecule has 1 N–H and O–H groups in total. The molecule has 172 valence electrons. The van der Waals surface area contributed by atoms with Crippen LogP contribution in [0.25, 0.3) is 0 Å². The Labute approximate surface area is 192 Å². The maximum absolute atomic E-state index is 13.9. The summed E-state index contributed by atoms with van der Waals surface area (Å²) < 4.78 is 41.7. The van der Waals surface area contributed by atoms with E-state index in [-0.39, 0.29) is 12.0 Å². The van der Waals surface area contributed by atoms with Crippen molar-refractivity contribution in [2.75, 3.05) is 6.54 Å². The second kappa shape index (κ2) is 9.79. The number of nitrogens with zero attached hydrogens (tertiary/aromatic N) is 2. The number of hydrogen-bond donors (Lipinski definition) is 1. The number of halogens is 3. The average Bonchev–Trinajstić information content (AvgIpc) is 3.27. The Bertz CT molecular complexity index is 1000. The predicted molar refractivity (Wildman–Crippen MR) is 124 cm³/mol. The first-order valence-corrected chi connectivity index (χ1v) is 11.1. The van der Waals surface area contributed by atoms with Crippen LogP contribution in [0.4, 0.5) is 13.2 Å². The molecule has 0 bridgehead atoms. The van der Waals surface area contributed by atoms with Gasteiger partial charge in [-0.15, -0.1) is 0 Å². The van der Waals surface area contributed by atoms with Gasteiger partial charge in [0, 0.05) is 18.9 Å². The summed E-state index contributed by atoms with van der Waals surface area (Å²) in [6.45, 7) is 0.538. The summed E-state index contributed by atoms with van der Waals surface area (Å²) >= 11 is 0. The molecule has 0 spiro atoms. The highest BCUT2D eigenvalue weighted by Gasteiger charge is 2.53. The Morgan fingerprint density at radius 3 is 1.91 bits per heavy atom. The van der Waals surface area contributed by atoms with Crippen molar-refractivity contribution in [3.63, 3.8) is 0 Å². The van der Waals surface area contributed by atoms with Gasteiger partial charge >= 0.3 is 6.18 Å². The largest absolute Gasteiger partial charge is 0.422 e. The van der Waals surface area contributed by atoms with Crippen LogP contribution in [0.2, 0.25) is 0 Å². The van der Waals surface area contributed by atoms with E-state index >= 15 is 0 Å². The first-order chi connectivity index (χ1) is 15.9. The second-order valence-corrected chi connectivity index (χ2v) is 8.50. The van der Waals surface area contributed by atoms with Crippen LogP contribution in [0, 0.1) is 0 Å². The van der Waals surface area contributed by atoms with E-state index in [0.29, 0.717) is 18.3 Å². The summed E-state index contributed by atoms with van der Waals surface area (Å²) in [6.07, 6.45) is -3.12. The Morgan fingerprint density at radius 1 is 0.879 bits per heavy atom. The van der Waals surface area contributed by atoms with Gasteiger partial charge in [-0.1, -0.05) is 91.0 Å². The molecule has 1 fully saturated rings. The van der Waals surface area contributed by atoms with Crippen LogP contribution in [0.3, 0.4) is 0 Å². The van der Waals surface area contributed by atoms with E-state index in [1.165, 1.54) is 0 Å². The average molecular weight is 453 g/mol. The Balaban J connectivity index is 1.64. The third-order valence-corrected chi connectivity index (χ3v) is 6.20. The molecule has 1 saturated heterocycles. The van der Waals surface area contributed by atoms with Gasteiger partial charge in [-0.05, 0) is 29.5 Å². The van der Waals surface area contributed by atoms with Crippen molar-refractivity contribution >= 4 is 6.21 Å². The van der Waals surface area contributed by atoms with Crippen LogP contribution in [0.5, 0.6) is 0 Å². The maximum atomic E-state index is 13.9. The molecule has 1 heterocycles. The fourth-order valence-corrected chi connectivity index (χ4v) is 4.51. The molecule has 33 heavy (non-hydrogen) atoms. The van der Waals surface area contributed by atoms with Crippen molar-refractivity contribution in [3.8, 4) is 0 Å². The van der Waals surface area contributed by atoms with Gasteiger partial charge in [-0.2, -0.15) is 18.3 Å². The van der Waals surface area contributed by atoms with Crippen molar-refractivity contribution < 1.29 is 18.3 Å². The van der Waals surface area contributed by atoms with E-state index < -0.39 is 18.2 Å². The molecule has 3 aromatic rings. The minimum Gasteiger partial charge on any atom is -0.375 e. The summed E-state index contributed by atoms with van der Waals surface area (Å²) in [4.78, 5) is 0. The van der Waals surface area contributed by atoms with Crippen molar-refractivity contribution in [1.82, 2.24) is 5.01 Å². The molecule has 4 rings (SSSR count). The number of benzene rings is 3. The zero-order chi connectivity index (χ0) is 23.3. The molecular weight excluding hydrogens is 425 g/mol. The number of hydrogen-bond acceptors (Lipinski definition) is 3. The molecule has 6 heteroatoms. The van der Waals surface area contributed by atoms with E-state index in [2.05, 4.69) is 5.10 Å². The standard InChI is InChI=1S/C27H27F3N2O/c28-27(29,30)26(33,19-21-11-4-1-5-12-21)20-31-32-18-10-17-24(32)25(22-13-6-2-7-14-22)23-15-8-3-9-16-23/h1-9,11-16,20,24-25,33H,10,17-19H2/b31-20+/t24-,26-/m0/s1. The van der Waals surface area contributed by atoms with Crippen molar-refractivity contribution in [2.45, 2.75) is 43.0 Å². The molecule has 1 aliphatic rings. The van der Waals surface area contributed by atoms with Crippen LogP contribution in [-0.2, 0) is 6.42 Å². The smallest absolute Gasteiger partial charge is 0.375 e. The molecule has 0 unspecified atom stereocenters. The van der Waals surface area contributed by atoms with Crippen LogP contribution < -0.4 is 0 Å². The first kappa shape index (κ1) is 23.1. The van der Waals surface area contributed by atoms with Crippen LogP contribution >= 0.6 is 0 Å². The highest BCUT2D eigenvalue weighted by molar-refractivity contribution is 5.70. The van der Waals surface area contributed by atoms with E-state index in [9.17, 15) is 18.3 Å². The molecule has 3 nitrogen and oxygen atoms in total. The fourth-order valence-electron chi connectivity index (χ4n) is 4.51. The number of rotatable bonds is 7. The molecule has 2 atom stereocenters. The van der Waals surface area contributed by atoms with Gasteiger partial charge in [0.15, 0.2) is 0 Å². The van der Waals surface area contributed by atoms with Gasteiger partial charge in [-0.25, -0.2) is 0 Å². The molecular formula is C27H27F3N2O. The van der Waals surface area contributed by atoms with Gasteiger partial charge in [-0.3, -0.25) is 5.01 Å². The van der Waals surface area contributed by atoms with E-state index in [4.69, 9.17) is 0 Å². The predicted octanol–water partition coefficient (Wildman–Crippen LogP) is 5.80. The number of hydrazone groups is 1. The van der Waals surface area contributed by atoms with Crippen LogP contribution in [0.15, 0.2) is 96.1 Å². The van der Waals surface area contributed by atoms with Crippen LogP contribution in [-0.4, -0.2) is 40.7 Å². The summed E-state index contributed by atoms with van der Waals surface area (Å²) in [7, 11) is 0. The zero-order valence-electron chi connectivity index (χ0n) is 18.2. The molecule has 0 aliphatic carbocycles. The van der Waals surface area contributed by atoms with Gasteiger partial charge in [0.25, 0.3) is 0 Å². The van der Waals surface area contributed by atoms with Crippen LogP contribution in [0.1, 0.15) is 35.4 Å². The third-order valence-electron chi connectivity index (χ3n) is 6.20. The normalized spacial score (nSPS) is 18.7. The Kier molecular flexibility index (Phi) is 6.84. The molecule has 0 amide bonds. The molecule has 0 radical (unpaired) electrons. The third kappa shape index (κ3) is 5.28. The molecule has 0 saturated carbocycles. The minimum atomic E-state index is -4.85.